The minimum absolute atomic E-state index is 0.171. The van der Waals surface area contributed by atoms with Crippen LogP contribution in [0.1, 0.15) is 10.4 Å². The average Bonchev–Trinajstić information content (AvgIpc) is 2.58. The number of benzene rings is 2. The van der Waals surface area contributed by atoms with Gasteiger partial charge in [0, 0.05) is 10.0 Å². The number of amides is 1. The quantitative estimate of drug-likeness (QED) is 0.818. The van der Waals surface area contributed by atoms with Crippen LogP contribution in [0.15, 0.2) is 53.0 Å². The fourth-order valence-corrected chi connectivity index (χ4v) is 2.14. The summed E-state index contributed by atoms with van der Waals surface area (Å²) in [5, 5.41) is 2.73. The fourth-order valence-electron chi connectivity index (χ4n) is 1.76. The van der Waals surface area contributed by atoms with Crippen molar-refractivity contribution in [1.29, 1.82) is 0 Å². The van der Waals surface area contributed by atoms with Crippen LogP contribution in [0.25, 0.3) is 0 Å². The molecule has 4 nitrogen and oxygen atoms in total. The Morgan fingerprint density at radius 2 is 1.91 bits per heavy atom. The topological polar surface area (TPSA) is 47.6 Å². The van der Waals surface area contributed by atoms with Gasteiger partial charge < -0.3 is 14.8 Å². The number of methoxy groups -OCH3 is 1. The van der Waals surface area contributed by atoms with Gasteiger partial charge in [-0.2, -0.15) is 0 Å². The third-order valence-corrected chi connectivity index (χ3v) is 3.41. The number of hydrogen-bond donors (Lipinski definition) is 1. The van der Waals surface area contributed by atoms with Gasteiger partial charge in [-0.15, -0.1) is 0 Å². The predicted octanol–water partition coefficient (Wildman–Crippen LogP) is 3.27. The molecule has 1 amide bonds. The molecule has 0 atom stereocenters. The van der Waals surface area contributed by atoms with Gasteiger partial charge in [0.2, 0.25) is 0 Å². The Labute approximate surface area is 143 Å². The maximum atomic E-state index is 11.9. The van der Waals surface area contributed by atoms with Crippen molar-refractivity contribution in [1.82, 2.24) is 5.32 Å². The number of carbonyl (C=O) groups excluding carboxylic acids is 1. The summed E-state index contributed by atoms with van der Waals surface area (Å²) in [5.74, 6) is 7.00. The van der Waals surface area contributed by atoms with Crippen LogP contribution >= 0.6 is 15.9 Å². The summed E-state index contributed by atoms with van der Waals surface area (Å²) in [4.78, 5) is 11.9. The van der Waals surface area contributed by atoms with E-state index in [0.29, 0.717) is 11.3 Å². The molecule has 0 fully saturated rings. The molecule has 1 N–H and O–H groups in total. The van der Waals surface area contributed by atoms with Gasteiger partial charge in [0.05, 0.1) is 13.7 Å². The number of carbonyl (C=O) groups is 1. The van der Waals surface area contributed by atoms with Crippen LogP contribution in [-0.4, -0.2) is 26.2 Å². The van der Waals surface area contributed by atoms with Crippen LogP contribution in [-0.2, 0) is 0 Å². The average molecular weight is 374 g/mol. The summed E-state index contributed by atoms with van der Waals surface area (Å²) in [7, 11) is 1.58. The van der Waals surface area contributed by atoms with Crippen molar-refractivity contribution in [3.05, 3.63) is 58.6 Å². The van der Waals surface area contributed by atoms with Gasteiger partial charge in [0.25, 0.3) is 5.91 Å². The van der Waals surface area contributed by atoms with Crippen molar-refractivity contribution >= 4 is 21.8 Å². The van der Waals surface area contributed by atoms with E-state index in [1.165, 1.54) is 0 Å². The normalized spacial score (nSPS) is 9.48. The highest BCUT2D eigenvalue weighted by Gasteiger charge is 2.03. The van der Waals surface area contributed by atoms with E-state index in [-0.39, 0.29) is 19.1 Å². The molecule has 0 aliphatic heterocycles. The van der Waals surface area contributed by atoms with Crippen LogP contribution in [0.4, 0.5) is 0 Å². The van der Waals surface area contributed by atoms with Gasteiger partial charge in [-0.05, 0) is 42.5 Å². The molecule has 0 spiro atoms. The lowest BCUT2D eigenvalue weighted by Crippen LogP contribution is -2.23. The molecule has 2 rings (SSSR count). The first kappa shape index (κ1) is 16.9. The van der Waals surface area contributed by atoms with E-state index in [0.717, 1.165) is 10.2 Å². The van der Waals surface area contributed by atoms with Gasteiger partial charge in [0.1, 0.15) is 18.1 Å². The molecule has 0 bridgehead atoms. The second kappa shape index (κ2) is 8.86. The monoisotopic (exact) mass is 373 g/mol. The van der Waals surface area contributed by atoms with Gasteiger partial charge in [-0.1, -0.05) is 33.8 Å². The highest BCUT2D eigenvalue weighted by molar-refractivity contribution is 9.10. The Morgan fingerprint density at radius 3 is 2.61 bits per heavy atom. The van der Waals surface area contributed by atoms with Crippen molar-refractivity contribution in [3.8, 4) is 23.3 Å². The van der Waals surface area contributed by atoms with Crippen molar-refractivity contribution < 1.29 is 14.3 Å². The molecular weight excluding hydrogens is 358 g/mol. The smallest absolute Gasteiger partial charge is 0.252 e. The number of halogens is 1. The van der Waals surface area contributed by atoms with E-state index >= 15 is 0 Å². The molecule has 0 aromatic heterocycles. The third kappa shape index (κ3) is 5.68. The van der Waals surface area contributed by atoms with Gasteiger partial charge >= 0.3 is 0 Å². The van der Waals surface area contributed by atoms with Crippen LogP contribution in [0.2, 0.25) is 0 Å². The standard InChI is InChI=1S/C18H16BrNO3/c1-22-16-9-7-14(8-10-16)18(21)20-11-2-3-12-23-17-6-4-5-15(19)13-17/h4-10,13H,11-12H2,1H3,(H,20,21). The van der Waals surface area contributed by atoms with Gasteiger partial charge in [-0.25, -0.2) is 0 Å². The maximum absolute atomic E-state index is 11.9. The van der Waals surface area contributed by atoms with Crippen LogP contribution in [0.3, 0.4) is 0 Å². The van der Waals surface area contributed by atoms with Crippen LogP contribution in [0.5, 0.6) is 11.5 Å². The first-order chi connectivity index (χ1) is 11.2. The molecule has 0 aliphatic carbocycles. The molecule has 0 heterocycles. The number of rotatable bonds is 5. The SMILES string of the molecule is COc1ccc(C(=O)NCC#CCOc2cccc(Br)c2)cc1. The molecular formula is C18H16BrNO3. The number of ether oxygens (including phenoxy) is 2. The lowest BCUT2D eigenvalue weighted by molar-refractivity contribution is 0.0958. The molecule has 23 heavy (non-hydrogen) atoms. The fraction of sp³-hybridized carbons (Fsp3) is 0.167. The first-order valence-electron chi connectivity index (χ1n) is 6.95. The summed E-state index contributed by atoms with van der Waals surface area (Å²) >= 11 is 3.37. The van der Waals surface area contributed by atoms with Gasteiger partial charge in [0.15, 0.2) is 0 Å². The second-order valence-corrected chi connectivity index (χ2v) is 5.43. The Balaban J connectivity index is 1.73. The lowest BCUT2D eigenvalue weighted by atomic mass is 10.2. The zero-order chi connectivity index (χ0) is 16.5. The van der Waals surface area contributed by atoms with Crippen LogP contribution in [0, 0.1) is 11.8 Å². The van der Waals surface area contributed by atoms with E-state index in [1.807, 2.05) is 24.3 Å². The zero-order valence-electron chi connectivity index (χ0n) is 12.6. The van der Waals surface area contributed by atoms with Crippen molar-refractivity contribution in [2.75, 3.05) is 20.3 Å². The van der Waals surface area contributed by atoms with E-state index in [2.05, 4.69) is 33.1 Å². The second-order valence-electron chi connectivity index (χ2n) is 4.51. The molecule has 0 unspecified atom stereocenters. The molecule has 5 heteroatoms. The zero-order valence-corrected chi connectivity index (χ0v) is 14.2. The number of nitrogens with one attached hydrogen (secondary N) is 1. The van der Waals surface area contributed by atoms with E-state index in [9.17, 15) is 4.79 Å². The highest BCUT2D eigenvalue weighted by Crippen LogP contribution is 2.17. The molecule has 2 aromatic carbocycles. The Morgan fingerprint density at radius 1 is 1.13 bits per heavy atom. The van der Waals surface area contributed by atoms with Gasteiger partial charge in [-0.3, -0.25) is 4.79 Å². The van der Waals surface area contributed by atoms with Crippen molar-refractivity contribution in [3.63, 3.8) is 0 Å². The first-order valence-corrected chi connectivity index (χ1v) is 7.74. The highest BCUT2D eigenvalue weighted by atomic mass is 79.9. The Bertz CT molecular complexity index is 717. The van der Waals surface area contributed by atoms with Crippen LogP contribution < -0.4 is 14.8 Å². The number of hydrogen-bond acceptors (Lipinski definition) is 3. The third-order valence-electron chi connectivity index (χ3n) is 2.92. The summed E-state index contributed by atoms with van der Waals surface area (Å²) in [6.45, 7) is 0.543. The van der Waals surface area contributed by atoms with E-state index < -0.39 is 0 Å². The molecule has 118 valence electrons. The summed E-state index contributed by atoms with van der Waals surface area (Å²) in [5.41, 5.74) is 0.568. The Hall–Kier alpha value is -2.45. The molecule has 2 aromatic rings. The van der Waals surface area contributed by atoms with Crippen molar-refractivity contribution in [2.45, 2.75) is 0 Å². The largest absolute Gasteiger partial charge is 0.497 e. The minimum atomic E-state index is -0.171. The lowest BCUT2D eigenvalue weighted by Gasteiger charge is -2.03. The maximum Gasteiger partial charge on any atom is 0.252 e. The van der Waals surface area contributed by atoms with E-state index in [4.69, 9.17) is 9.47 Å². The summed E-state index contributed by atoms with van der Waals surface area (Å²) < 4.78 is 11.5. The minimum Gasteiger partial charge on any atom is -0.497 e. The Kier molecular flexibility index (Phi) is 6.52. The van der Waals surface area contributed by atoms with E-state index in [1.54, 1.807) is 31.4 Å². The summed E-state index contributed by atoms with van der Waals surface area (Å²) in [6.07, 6.45) is 0. The van der Waals surface area contributed by atoms with Crippen molar-refractivity contribution in [2.24, 2.45) is 0 Å². The molecule has 0 aliphatic rings. The summed E-state index contributed by atoms with van der Waals surface area (Å²) in [6, 6.07) is 14.4. The predicted molar refractivity (Wildman–Crippen MR) is 92.7 cm³/mol. The molecule has 0 saturated carbocycles. The molecule has 0 radical (unpaired) electrons. The molecule has 0 saturated heterocycles.